The van der Waals surface area contributed by atoms with Gasteiger partial charge in [0.15, 0.2) is 0 Å². The van der Waals surface area contributed by atoms with Gasteiger partial charge in [0.1, 0.15) is 6.04 Å². The quantitative estimate of drug-likeness (QED) is 0.792. The van der Waals surface area contributed by atoms with Gasteiger partial charge in [-0.25, -0.2) is 0 Å². The van der Waals surface area contributed by atoms with Crippen molar-refractivity contribution in [1.82, 2.24) is 4.98 Å². The van der Waals surface area contributed by atoms with Crippen LogP contribution in [0.5, 0.6) is 0 Å². The monoisotopic (exact) mass is 220 g/mol. The third-order valence-corrected chi connectivity index (χ3v) is 2.07. The number of carboxylic acids is 1. The van der Waals surface area contributed by atoms with Crippen molar-refractivity contribution in [3.05, 3.63) is 28.0 Å². The molecule has 0 radical (unpaired) electrons. The molecule has 0 saturated carbocycles. The van der Waals surface area contributed by atoms with Gasteiger partial charge < -0.3 is 10.8 Å². The van der Waals surface area contributed by atoms with Crippen LogP contribution in [0.4, 0.5) is 0 Å². The molecule has 70 valence electrons. The van der Waals surface area contributed by atoms with Crippen LogP contribution in [0.15, 0.2) is 12.4 Å². The van der Waals surface area contributed by atoms with Crippen LogP contribution in [0.1, 0.15) is 11.6 Å². The Labute approximate surface area is 84.3 Å². The molecule has 0 amide bonds. The maximum Gasteiger partial charge on any atom is 0.325 e. The molecule has 0 aliphatic carbocycles. The highest BCUT2D eigenvalue weighted by Gasteiger charge is 2.20. The molecule has 1 unspecified atom stereocenters. The van der Waals surface area contributed by atoms with Crippen LogP contribution in [0.2, 0.25) is 10.0 Å². The van der Waals surface area contributed by atoms with Crippen molar-refractivity contribution >= 4 is 29.2 Å². The van der Waals surface area contributed by atoms with Gasteiger partial charge in [0.05, 0.1) is 10.0 Å². The van der Waals surface area contributed by atoms with Crippen molar-refractivity contribution in [3.63, 3.8) is 0 Å². The van der Waals surface area contributed by atoms with E-state index < -0.39 is 12.0 Å². The smallest absolute Gasteiger partial charge is 0.325 e. The van der Waals surface area contributed by atoms with Gasteiger partial charge in [-0.1, -0.05) is 23.2 Å². The summed E-state index contributed by atoms with van der Waals surface area (Å²) in [6.07, 6.45) is 2.59. The molecule has 1 rings (SSSR count). The molecule has 3 N–H and O–H groups in total. The lowest BCUT2D eigenvalue weighted by Gasteiger charge is -2.09. The fraction of sp³-hybridized carbons (Fsp3) is 0.143. The van der Waals surface area contributed by atoms with Gasteiger partial charge >= 0.3 is 5.97 Å². The third kappa shape index (κ3) is 2.09. The van der Waals surface area contributed by atoms with E-state index >= 15 is 0 Å². The number of nitrogens with zero attached hydrogens (tertiary/aromatic N) is 1. The zero-order valence-electron chi connectivity index (χ0n) is 6.37. The van der Waals surface area contributed by atoms with E-state index in [9.17, 15) is 4.79 Å². The Morgan fingerprint density at radius 3 is 2.31 bits per heavy atom. The van der Waals surface area contributed by atoms with E-state index in [1.165, 1.54) is 12.4 Å². The predicted octanol–water partition coefficient (Wildman–Crippen LogP) is 1.47. The van der Waals surface area contributed by atoms with Crippen molar-refractivity contribution < 1.29 is 9.90 Å². The molecule has 0 aliphatic heterocycles. The highest BCUT2D eigenvalue weighted by atomic mass is 35.5. The zero-order chi connectivity index (χ0) is 10.0. The average Bonchev–Trinajstić information content (AvgIpc) is 2.03. The van der Waals surface area contributed by atoms with Crippen molar-refractivity contribution in [1.29, 1.82) is 0 Å². The first-order valence-corrected chi connectivity index (χ1v) is 4.07. The lowest BCUT2D eigenvalue weighted by Crippen LogP contribution is -2.21. The number of nitrogens with two attached hydrogens (primary N) is 1. The zero-order valence-corrected chi connectivity index (χ0v) is 7.88. The molecule has 13 heavy (non-hydrogen) atoms. The van der Waals surface area contributed by atoms with Crippen LogP contribution in [0.3, 0.4) is 0 Å². The van der Waals surface area contributed by atoms with Gasteiger partial charge in [-0.05, 0) is 0 Å². The molecule has 0 aromatic carbocycles. The molecule has 1 aromatic rings. The Kier molecular flexibility index (Phi) is 3.08. The summed E-state index contributed by atoms with van der Waals surface area (Å²) in [5.74, 6) is -1.19. The molecular weight excluding hydrogens is 215 g/mol. The van der Waals surface area contributed by atoms with Crippen LogP contribution in [-0.2, 0) is 4.79 Å². The summed E-state index contributed by atoms with van der Waals surface area (Å²) in [4.78, 5) is 14.2. The van der Waals surface area contributed by atoms with E-state index in [2.05, 4.69) is 4.98 Å². The minimum atomic E-state index is -1.22. The fourth-order valence-electron chi connectivity index (χ4n) is 0.842. The standard InChI is InChI=1S/C7H6Cl2N2O2/c8-3-1-11-2-4(9)5(3)6(10)7(12)13/h1-2,6H,10H2,(H,12,13). The van der Waals surface area contributed by atoms with E-state index in [4.69, 9.17) is 34.0 Å². The van der Waals surface area contributed by atoms with Crippen molar-refractivity contribution in [2.24, 2.45) is 5.73 Å². The summed E-state index contributed by atoms with van der Waals surface area (Å²) in [7, 11) is 0. The largest absolute Gasteiger partial charge is 0.480 e. The van der Waals surface area contributed by atoms with E-state index in [1.807, 2.05) is 0 Å². The van der Waals surface area contributed by atoms with Crippen LogP contribution in [0.25, 0.3) is 0 Å². The summed E-state index contributed by atoms with van der Waals surface area (Å²) in [6, 6.07) is -1.22. The molecule has 1 aromatic heterocycles. The third-order valence-electron chi connectivity index (χ3n) is 1.47. The topological polar surface area (TPSA) is 76.2 Å². The molecule has 0 saturated heterocycles. The second-order valence-corrected chi connectivity index (χ2v) is 3.15. The Morgan fingerprint density at radius 1 is 1.46 bits per heavy atom. The Bertz CT molecular complexity index is 323. The number of hydrogen-bond donors (Lipinski definition) is 2. The normalized spacial score (nSPS) is 12.5. The Morgan fingerprint density at radius 2 is 1.92 bits per heavy atom. The van der Waals surface area contributed by atoms with E-state index in [1.54, 1.807) is 0 Å². The van der Waals surface area contributed by atoms with Gasteiger partial charge in [-0.2, -0.15) is 0 Å². The molecular formula is C7H6Cl2N2O2. The number of halogens is 2. The Balaban J connectivity index is 3.20. The highest BCUT2D eigenvalue weighted by molar-refractivity contribution is 6.36. The predicted molar refractivity (Wildman–Crippen MR) is 48.8 cm³/mol. The molecule has 1 atom stereocenters. The molecule has 0 aliphatic rings. The van der Waals surface area contributed by atoms with Crippen LogP contribution >= 0.6 is 23.2 Å². The number of aliphatic carboxylic acids is 1. The van der Waals surface area contributed by atoms with Crippen LogP contribution in [0, 0.1) is 0 Å². The first-order chi connectivity index (χ1) is 6.04. The van der Waals surface area contributed by atoms with Crippen LogP contribution in [-0.4, -0.2) is 16.1 Å². The first kappa shape index (κ1) is 10.2. The number of carbonyl (C=O) groups is 1. The van der Waals surface area contributed by atoms with E-state index in [0.717, 1.165) is 0 Å². The molecule has 6 heteroatoms. The Hall–Kier alpha value is -0.840. The number of aromatic nitrogens is 1. The van der Waals surface area contributed by atoms with E-state index in [0.29, 0.717) is 0 Å². The summed E-state index contributed by atoms with van der Waals surface area (Å²) in [5.41, 5.74) is 5.53. The van der Waals surface area contributed by atoms with Crippen molar-refractivity contribution in [3.8, 4) is 0 Å². The average molecular weight is 221 g/mol. The maximum absolute atomic E-state index is 10.5. The van der Waals surface area contributed by atoms with Gasteiger partial charge in [0.25, 0.3) is 0 Å². The molecule has 0 bridgehead atoms. The minimum absolute atomic E-state index is 0.155. The molecule has 0 spiro atoms. The fourth-order valence-corrected chi connectivity index (χ4v) is 1.44. The highest BCUT2D eigenvalue weighted by Crippen LogP contribution is 2.27. The minimum Gasteiger partial charge on any atom is -0.480 e. The number of rotatable bonds is 2. The number of pyridine rings is 1. The lowest BCUT2D eigenvalue weighted by molar-refractivity contribution is -0.138. The molecule has 1 heterocycles. The molecule has 4 nitrogen and oxygen atoms in total. The van der Waals surface area contributed by atoms with Gasteiger partial charge in [-0.15, -0.1) is 0 Å². The summed E-state index contributed by atoms with van der Waals surface area (Å²) < 4.78 is 0. The summed E-state index contributed by atoms with van der Waals surface area (Å²) in [5, 5.41) is 8.93. The molecule has 0 fully saturated rings. The van der Waals surface area contributed by atoms with Gasteiger partial charge in [0, 0.05) is 18.0 Å². The van der Waals surface area contributed by atoms with Crippen molar-refractivity contribution in [2.75, 3.05) is 0 Å². The van der Waals surface area contributed by atoms with E-state index in [-0.39, 0.29) is 15.6 Å². The summed E-state index contributed by atoms with van der Waals surface area (Å²) >= 11 is 11.4. The van der Waals surface area contributed by atoms with Crippen molar-refractivity contribution in [2.45, 2.75) is 6.04 Å². The second kappa shape index (κ2) is 3.91. The lowest BCUT2D eigenvalue weighted by atomic mass is 10.1. The SMILES string of the molecule is NC(C(=O)O)c1c(Cl)cncc1Cl. The second-order valence-electron chi connectivity index (χ2n) is 2.33. The maximum atomic E-state index is 10.5. The number of hydrogen-bond acceptors (Lipinski definition) is 3. The number of carboxylic acid groups (broad SMARTS) is 1. The van der Waals surface area contributed by atoms with Gasteiger partial charge in [-0.3, -0.25) is 9.78 Å². The van der Waals surface area contributed by atoms with Gasteiger partial charge in [0.2, 0.25) is 0 Å². The summed E-state index contributed by atoms with van der Waals surface area (Å²) in [6.45, 7) is 0. The van der Waals surface area contributed by atoms with Crippen LogP contribution < -0.4 is 5.73 Å². The first-order valence-electron chi connectivity index (χ1n) is 3.31.